The van der Waals surface area contributed by atoms with Crippen LogP contribution in [-0.2, 0) is 9.59 Å². The molecule has 0 aromatic rings. The van der Waals surface area contributed by atoms with Crippen molar-refractivity contribution in [3.05, 3.63) is 0 Å². The van der Waals surface area contributed by atoms with Crippen LogP contribution in [0.15, 0.2) is 0 Å². The van der Waals surface area contributed by atoms with Crippen molar-refractivity contribution in [2.24, 2.45) is 0 Å². The highest BCUT2D eigenvalue weighted by Crippen LogP contribution is 2.20. The Labute approximate surface area is 120 Å². The van der Waals surface area contributed by atoms with Crippen LogP contribution < -0.4 is 5.32 Å². The zero-order chi connectivity index (χ0) is 14.5. The number of nitrogens with zero attached hydrogens (tertiary/aromatic N) is 2. The molecule has 0 bridgehead atoms. The number of piperidine rings is 1. The van der Waals surface area contributed by atoms with Gasteiger partial charge < -0.3 is 10.4 Å². The molecule has 2 aliphatic rings. The monoisotopic (exact) mass is 283 g/mol. The lowest BCUT2D eigenvalue weighted by Crippen LogP contribution is -2.48. The van der Waals surface area contributed by atoms with Gasteiger partial charge in [-0.2, -0.15) is 0 Å². The van der Waals surface area contributed by atoms with E-state index in [2.05, 4.69) is 15.1 Å². The van der Waals surface area contributed by atoms with Crippen molar-refractivity contribution in [1.82, 2.24) is 15.1 Å². The summed E-state index contributed by atoms with van der Waals surface area (Å²) in [6, 6.07) is -0.241. The van der Waals surface area contributed by atoms with Crippen molar-refractivity contribution in [1.29, 1.82) is 0 Å². The normalized spacial score (nSPS) is 26.4. The van der Waals surface area contributed by atoms with E-state index in [0.29, 0.717) is 12.6 Å². The minimum Gasteiger partial charge on any atom is -0.480 e. The van der Waals surface area contributed by atoms with Crippen molar-refractivity contribution in [3.63, 3.8) is 0 Å². The minimum atomic E-state index is -0.957. The van der Waals surface area contributed by atoms with Gasteiger partial charge in [0.05, 0.1) is 0 Å². The number of aliphatic carboxylic acids is 1. The molecule has 0 aliphatic carbocycles. The molecule has 2 saturated heterocycles. The van der Waals surface area contributed by atoms with Crippen LogP contribution in [0.3, 0.4) is 0 Å². The molecule has 0 aromatic heterocycles. The van der Waals surface area contributed by atoms with E-state index in [0.717, 1.165) is 19.5 Å². The highest BCUT2D eigenvalue weighted by molar-refractivity contribution is 5.82. The maximum absolute atomic E-state index is 11.2. The summed E-state index contributed by atoms with van der Waals surface area (Å²) < 4.78 is 0. The number of likely N-dealkylation sites (tertiary alicyclic amines) is 2. The molecule has 2 rings (SSSR count). The second-order valence-electron chi connectivity index (χ2n) is 5.89. The quantitative estimate of drug-likeness (QED) is 0.750. The summed E-state index contributed by atoms with van der Waals surface area (Å²) in [6.07, 6.45) is 4.99. The van der Waals surface area contributed by atoms with Crippen LogP contribution in [-0.4, -0.2) is 71.6 Å². The van der Waals surface area contributed by atoms with Crippen molar-refractivity contribution in [2.45, 2.75) is 44.7 Å². The Kier molecular flexibility index (Phi) is 5.37. The number of carboxylic acids is 1. The van der Waals surface area contributed by atoms with E-state index in [9.17, 15) is 9.59 Å². The SMILES string of the molecule is CC(=O)NC(CN1CCC(N2CCCCC2)C1)C(=O)O. The standard InChI is InChI=1S/C14H25N3O3/c1-11(18)15-13(14(19)20)10-16-8-5-12(9-16)17-6-3-2-4-7-17/h12-13H,2-10H2,1H3,(H,15,18)(H,19,20). The number of hydrogen-bond acceptors (Lipinski definition) is 4. The topological polar surface area (TPSA) is 72.9 Å². The van der Waals surface area contributed by atoms with Gasteiger partial charge in [-0.1, -0.05) is 6.42 Å². The van der Waals surface area contributed by atoms with E-state index in [1.165, 1.54) is 39.3 Å². The van der Waals surface area contributed by atoms with Crippen LogP contribution in [0, 0.1) is 0 Å². The summed E-state index contributed by atoms with van der Waals surface area (Å²) >= 11 is 0. The van der Waals surface area contributed by atoms with Crippen LogP contribution in [0.2, 0.25) is 0 Å². The van der Waals surface area contributed by atoms with E-state index in [-0.39, 0.29) is 5.91 Å². The number of nitrogens with one attached hydrogen (secondary N) is 1. The molecule has 2 heterocycles. The average molecular weight is 283 g/mol. The third kappa shape index (κ3) is 4.18. The van der Waals surface area contributed by atoms with Gasteiger partial charge in [0.1, 0.15) is 6.04 Å². The lowest BCUT2D eigenvalue weighted by molar-refractivity contribution is -0.142. The van der Waals surface area contributed by atoms with Crippen molar-refractivity contribution in [3.8, 4) is 0 Å². The van der Waals surface area contributed by atoms with Crippen LogP contribution >= 0.6 is 0 Å². The lowest BCUT2D eigenvalue weighted by atomic mass is 10.1. The van der Waals surface area contributed by atoms with Crippen molar-refractivity contribution < 1.29 is 14.7 Å². The second-order valence-corrected chi connectivity index (χ2v) is 5.89. The number of hydrogen-bond donors (Lipinski definition) is 2. The Hall–Kier alpha value is -1.14. The van der Waals surface area contributed by atoms with E-state index < -0.39 is 12.0 Å². The molecule has 114 valence electrons. The summed E-state index contributed by atoms with van der Waals surface area (Å²) in [5.41, 5.74) is 0. The van der Waals surface area contributed by atoms with Gasteiger partial charge in [-0.15, -0.1) is 0 Å². The van der Waals surface area contributed by atoms with E-state index in [4.69, 9.17) is 5.11 Å². The van der Waals surface area contributed by atoms with Gasteiger partial charge in [0, 0.05) is 26.1 Å². The fourth-order valence-corrected chi connectivity index (χ4v) is 3.25. The van der Waals surface area contributed by atoms with Crippen molar-refractivity contribution in [2.75, 3.05) is 32.7 Å². The van der Waals surface area contributed by atoms with Gasteiger partial charge >= 0.3 is 5.97 Å². The van der Waals surface area contributed by atoms with E-state index >= 15 is 0 Å². The zero-order valence-electron chi connectivity index (χ0n) is 12.2. The molecule has 0 radical (unpaired) electrons. The Bertz CT molecular complexity index is 356. The van der Waals surface area contributed by atoms with Crippen molar-refractivity contribution >= 4 is 11.9 Å². The Balaban J connectivity index is 1.81. The summed E-state index contributed by atoms with van der Waals surface area (Å²) in [7, 11) is 0. The average Bonchev–Trinajstić information content (AvgIpc) is 2.87. The van der Waals surface area contributed by atoms with Gasteiger partial charge in [0.15, 0.2) is 0 Å². The van der Waals surface area contributed by atoms with Crippen LogP contribution in [0.4, 0.5) is 0 Å². The first-order valence-electron chi connectivity index (χ1n) is 7.52. The second kappa shape index (κ2) is 7.04. The number of amides is 1. The fraction of sp³-hybridized carbons (Fsp3) is 0.857. The van der Waals surface area contributed by atoms with E-state index in [1.807, 2.05) is 0 Å². The predicted molar refractivity (Wildman–Crippen MR) is 75.5 cm³/mol. The molecule has 20 heavy (non-hydrogen) atoms. The predicted octanol–water partition coefficient (Wildman–Crippen LogP) is 0.136. The van der Waals surface area contributed by atoms with Gasteiger partial charge in [-0.05, 0) is 38.9 Å². The maximum atomic E-state index is 11.2. The Morgan fingerprint density at radius 2 is 1.95 bits per heavy atom. The molecule has 0 spiro atoms. The summed E-state index contributed by atoms with van der Waals surface area (Å²) in [6.45, 7) is 5.95. The largest absolute Gasteiger partial charge is 0.480 e. The van der Waals surface area contributed by atoms with Gasteiger partial charge in [0.2, 0.25) is 5.91 Å². The summed E-state index contributed by atoms with van der Waals surface area (Å²) in [5, 5.41) is 11.7. The number of rotatable bonds is 5. The Morgan fingerprint density at radius 1 is 1.25 bits per heavy atom. The molecular weight excluding hydrogens is 258 g/mol. The first-order chi connectivity index (χ1) is 9.56. The summed E-state index contributed by atoms with van der Waals surface area (Å²) in [4.78, 5) is 26.9. The highest BCUT2D eigenvalue weighted by Gasteiger charge is 2.31. The molecule has 0 saturated carbocycles. The maximum Gasteiger partial charge on any atom is 0.327 e. The Morgan fingerprint density at radius 3 is 2.55 bits per heavy atom. The van der Waals surface area contributed by atoms with E-state index in [1.54, 1.807) is 0 Å². The molecule has 6 nitrogen and oxygen atoms in total. The molecule has 1 amide bonds. The third-order valence-corrected chi connectivity index (χ3v) is 4.27. The molecule has 6 heteroatoms. The molecule has 2 atom stereocenters. The van der Waals surface area contributed by atoms with Crippen LogP contribution in [0.5, 0.6) is 0 Å². The molecule has 2 unspecified atom stereocenters. The van der Waals surface area contributed by atoms with Crippen LogP contribution in [0.1, 0.15) is 32.6 Å². The molecule has 2 aliphatic heterocycles. The lowest BCUT2D eigenvalue weighted by Gasteiger charge is -2.32. The summed E-state index contributed by atoms with van der Waals surface area (Å²) in [5.74, 6) is -1.24. The number of carboxylic acid groups (broad SMARTS) is 1. The molecule has 2 N–H and O–H groups in total. The number of carbonyl (C=O) groups is 2. The minimum absolute atomic E-state index is 0.288. The van der Waals surface area contributed by atoms with Gasteiger partial charge in [-0.25, -0.2) is 4.79 Å². The highest BCUT2D eigenvalue weighted by atomic mass is 16.4. The molecule has 2 fully saturated rings. The first-order valence-corrected chi connectivity index (χ1v) is 7.52. The number of carbonyl (C=O) groups excluding carboxylic acids is 1. The van der Waals surface area contributed by atoms with Gasteiger partial charge in [-0.3, -0.25) is 14.6 Å². The van der Waals surface area contributed by atoms with Gasteiger partial charge in [0.25, 0.3) is 0 Å². The smallest absolute Gasteiger partial charge is 0.327 e. The molecular formula is C14H25N3O3. The fourth-order valence-electron chi connectivity index (χ4n) is 3.25. The third-order valence-electron chi connectivity index (χ3n) is 4.27. The zero-order valence-corrected chi connectivity index (χ0v) is 12.2. The van der Waals surface area contributed by atoms with Crippen LogP contribution in [0.25, 0.3) is 0 Å². The first kappa shape index (κ1) is 15.3. The molecule has 0 aromatic carbocycles.